The number of aromatic nitrogens is 1. The maximum Gasteiger partial charge on any atom is 0.228 e. The summed E-state index contributed by atoms with van der Waals surface area (Å²) in [4.78, 5) is 23.1. The van der Waals surface area contributed by atoms with Gasteiger partial charge in [-0.15, -0.1) is 0 Å². The van der Waals surface area contributed by atoms with E-state index in [1.165, 1.54) is 44.9 Å². The molecule has 0 N–H and O–H groups in total. The van der Waals surface area contributed by atoms with Crippen molar-refractivity contribution in [1.82, 2.24) is 9.88 Å². The lowest BCUT2D eigenvalue weighted by atomic mass is 9.49. The summed E-state index contributed by atoms with van der Waals surface area (Å²) in [5.41, 5.74) is 0.194. The molecule has 176 valence electrons. The monoisotopic (exact) mass is 521 g/mol. The number of hydrogen-bond acceptors (Lipinski definition) is 3. The van der Waals surface area contributed by atoms with Crippen molar-refractivity contribution in [1.29, 1.82) is 0 Å². The van der Waals surface area contributed by atoms with Crippen LogP contribution in [0, 0.1) is 28.6 Å². The van der Waals surface area contributed by atoms with E-state index in [9.17, 15) is 4.79 Å². The molecular weight excluding hydrogens is 486 g/mol. The van der Waals surface area contributed by atoms with E-state index in [1.54, 1.807) is 0 Å². The topological polar surface area (TPSA) is 36.4 Å². The largest absolute Gasteiger partial charge is 0.355 e. The third kappa shape index (κ3) is 4.00. The Kier molecular flexibility index (Phi) is 6.28. The van der Waals surface area contributed by atoms with Crippen LogP contribution in [-0.2, 0) is 4.79 Å². The number of carbonyl (C=O) groups excluding carboxylic acids is 1. The van der Waals surface area contributed by atoms with Crippen molar-refractivity contribution in [2.45, 2.75) is 71.6 Å². The van der Waals surface area contributed by atoms with E-state index in [2.05, 4.69) is 30.7 Å². The molecule has 4 saturated carbocycles. The van der Waals surface area contributed by atoms with Crippen molar-refractivity contribution in [3.05, 3.63) is 21.8 Å². The highest BCUT2D eigenvalue weighted by Crippen LogP contribution is 2.61. The first-order valence-electron chi connectivity index (χ1n) is 12.8. The van der Waals surface area contributed by atoms with Crippen molar-refractivity contribution in [2.24, 2.45) is 28.6 Å². The molecule has 7 rings (SSSR count). The molecule has 0 radical (unpaired) electrons. The van der Waals surface area contributed by atoms with Crippen molar-refractivity contribution in [2.75, 3.05) is 31.1 Å². The van der Waals surface area contributed by atoms with Gasteiger partial charge < -0.3 is 9.80 Å². The van der Waals surface area contributed by atoms with Crippen molar-refractivity contribution >= 4 is 39.3 Å². The van der Waals surface area contributed by atoms with Crippen LogP contribution in [0.25, 0.3) is 0 Å². The van der Waals surface area contributed by atoms with Crippen LogP contribution in [0.4, 0.5) is 5.82 Å². The van der Waals surface area contributed by atoms with Crippen LogP contribution in [0.2, 0.25) is 5.02 Å². The Morgan fingerprint density at radius 3 is 2.34 bits per heavy atom. The average molecular weight is 523 g/mol. The van der Waals surface area contributed by atoms with Gasteiger partial charge in [0, 0.05) is 42.3 Å². The van der Waals surface area contributed by atoms with Gasteiger partial charge in [0.05, 0.1) is 10.4 Å². The molecule has 2 aliphatic heterocycles. The first kappa shape index (κ1) is 23.0. The fourth-order valence-corrected chi connectivity index (χ4v) is 8.93. The number of hydrogen-bond donors (Lipinski definition) is 0. The van der Waals surface area contributed by atoms with E-state index in [0.29, 0.717) is 10.9 Å². The lowest BCUT2D eigenvalue weighted by Gasteiger charge is -2.56. The molecule has 6 aliphatic rings. The van der Waals surface area contributed by atoms with E-state index in [0.717, 1.165) is 67.1 Å². The molecule has 4 nitrogen and oxygen atoms in total. The summed E-state index contributed by atoms with van der Waals surface area (Å²) in [7, 11) is 0. The third-order valence-electron chi connectivity index (χ3n) is 8.97. The number of likely N-dealkylation sites (tertiary alicyclic amines) is 1. The average Bonchev–Trinajstić information content (AvgIpc) is 3.16. The summed E-state index contributed by atoms with van der Waals surface area (Å²) in [6.07, 6.45) is 13.0. The molecule has 6 fully saturated rings. The number of carbonyl (C=O) groups is 1. The molecule has 4 aliphatic carbocycles. The molecular formula is C26H37BrClN3O. The number of pyridine rings is 1. The van der Waals surface area contributed by atoms with Gasteiger partial charge >= 0.3 is 0 Å². The van der Waals surface area contributed by atoms with Crippen molar-refractivity contribution < 1.29 is 4.79 Å². The van der Waals surface area contributed by atoms with E-state index < -0.39 is 0 Å². The first-order valence-corrected chi connectivity index (χ1v) is 14.0. The molecule has 1 spiro atoms. The molecule has 4 bridgehead atoms. The molecule has 1 aromatic heterocycles. The number of anilines is 1. The highest BCUT2D eigenvalue weighted by Gasteiger charge is 2.57. The second kappa shape index (κ2) is 8.76. The first-order chi connectivity index (χ1) is 15.4. The minimum atomic E-state index is -0.00873. The second-order valence-electron chi connectivity index (χ2n) is 11.2. The molecule has 1 unspecified atom stereocenters. The highest BCUT2D eigenvalue weighted by molar-refractivity contribution is 9.10. The standard InChI is InChI=1S/C24H31BrClN3O.C2H6/c25-19-9-20(26)21(27-13-19)28-4-1-2-23(14-28)3-5-29(15-23)22(30)24-10-16-6-17(11-24)8-18(7-16)12-24;1-2/h9,13,16-18H,1-8,10-12,14-15H2;1-2H3. The van der Waals surface area contributed by atoms with Crippen LogP contribution in [0.1, 0.15) is 71.6 Å². The molecule has 3 heterocycles. The minimum absolute atomic E-state index is 0.00873. The number of rotatable bonds is 2. The van der Waals surface area contributed by atoms with Gasteiger partial charge in [-0.25, -0.2) is 4.98 Å². The number of piperidine rings is 1. The lowest BCUT2D eigenvalue weighted by molar-refractivity contribution is -0.157. The van der Waals surface area contributed by atoms with E-state index >= 15 is 0 Å². The Bertz CT molecular complexity index is 841. The number of amides is 1. The van der Waals surface area contributed by atoms with Crippen molar-refractivity contribution in [3.8, 4) is 0 Å². The highest BCUT2D eigenvalue weighted by atomic mass is 79.9. The van der Waals surface area contributed by atoms with Gasteiger partial charge in [0.25, 0.3) is 0 Å². The van der Waals surface area contributed by atoms with Crippen molar-refractivity contribution in [3.63, 3.8) is 0 Å². The maximum atomic E-state index is 13.8. The van der Waals surface area contributed by atoms with E-state index in [-0.39, 0.29) is 10.8 Å². The third-order valence-corrected chi connectivity index (χ3v) is 9.68. The Hall–Kier alpha value is -0.810. The summed E-state index contributed by atoms with van der Waals surface area (Å²) in [6, 6.07) is 1.93. The van der Waals surface area contributed by atoms with Gasteiger partial charge in [0.1, 0.15) is 5.82 Å². The molecule has 1 atom stereocenters. The Morgan fingerprint density at radius 2 is 1.72 bits per heavy atom. The summed E-state index contributed by atoms with van der Waals surface area (Å²) >= 11 is 9.97. The maximum absolute atomic E-state index is 13.8. The summed E-state index contributed by atoms with van der Waals surface area (Å²) in [5, 5.41) is 0.709. The molecule has 32 heavy (non-hydrogen) atoms. The SMILES string of the molecule is CC.O=C(N1CCC2(CCCN(c3ncc(Br)cc3Cl)C2)C1)C12CC3CC(CC(C3)C1)C2. The summed E-state index contributed by atoms with van der Waals surface area (Å²) < 4.78 is 0.913. The molecule has 2 saturated heterocycles. The predicted molar refractivity (Wildman–Crippen MR) is 134 cm³/mol. The smallest absolute Gasteiger partial charge is 0.228 e. The van der Waals surface area contributed by atoms with Crippen LogP contribution in [0.5, 0.6) is 0 Å². The van der Waals surface area contributed by atoms with Gasteiger partial charge in [-0.1, -0.05) is 25.4 Å². The zero-order valence-corrected chi connectivity index (χ0v) is 21.9. The lowest BCUT2D eigenvalue weighted by Crippen LogP contribution is -2.55. The van der Waals surface area contributed by atoms with Crippen LogP contribution >= 0.6 is 27.5 Å². The molecule has 1 aromatic rings. The number of halogens is 2. The van der Waals surface area contributed by atoms with Crippen LogP contribution in [0.3, 0.4) is 0 Å². The fraction of sp³-hybridized carbons (Fsp3) is 0.769. The summed E-state index contributed by atoms with van der Waals surface area (Å²) in [6.45, 7) is 7.83. The summed E-state index contributed by atoms with van der Waals surface area (Å²) in [5.74, 6) is 3.88. The molecule has 0 aromatic carbocycles. The van der Waals surface area contributed by atoms with Gasteiger partial charge in [-0.2, -0.15) is 0 Å². The fourth-order valence-electron chi connectivity index (χ4n) is 8.18. The van der Waals surface area contributed by atoms with Gasteiger partial charge in [0.15, 0.2) is 0 Å². The van der Waals surface area contributed by atoms with Gasteiger partial charge in [-0.05, 0) is 97.5 Å². The van der Waals surface area contributed by atoms with E-state index in [1.807, 2.05) is 26.1 Å². The van der Waals surface area contributed by atoms with Gasteiger partial charge in [-0.3, -0.25) is 4.79 Å². The zero-order chi connectivity index (χ0) is 22.5. The normalized spacial score (nSPS) is 37.6. The van der Waals surface area contributed by atoms with Crippen LogP contribution in [0.15, 0.2) is 16.7 Å². The Balaban J connectivity index is 0.00000105. The van der Waals surface area contributed by atoms with Crippen LogP contribution in [-0.4, -0.2) is 42.0 Å². The van der Waals surface area contributed by atoms with Gasteiger partial charge in [0.2, 0.25) is 5.91 Å². The predicted octanol–water partition coefficient (Wildman–Crippen LogP) is 6.56. The Morgan fingerprint density at radius 1 is 1.06 bits per heavy atom. The van der Waals surface area contributed by atoms with E-state index in [4.69, 9.17) is 11.6 Å². The quantitative estimate of drug-likeness (QED) is 0.441. The Labute approximate surface area is 206 Å². The molecule has 1 amide bonds. The number of nitrogens with zero attached hydrogens (tertiary/aromatic N) is 3. The zero-order valence-electron chi connectivity index (χ0n) is 19.6. The minimum Gasteiger partial charge on any atom is -0.355 e. The van der Waals surface area contributed by atoms with Crippen LogP contribution < -0.4 is 4.90 Å². The molecule has 6 heteroatoms. The second-order valence-corrected chi connectivity index (χ2v) is 12.5.